The van der Waals surface area contributed by atoms with Crippen LogP contribution in [-0.2, 0) is 10.0 Å². The Bertz CT molecular complexity index is 821. The summed E-state index contributed by atoms with van der Waals surface area (Å²) in [5.41, 5.74) is 1.17. The zero-order valence-electron chi connectivity index (χ0n) is 13.1. The Balaban J connectivity index is 2.19. The van der Waals surface area contributed by atoms with Gasteiger partial charge in [-0.3, -0.25) is 9.93 Å². The van der Waals surface area contributed by atoms with Gasteiger partial charge in [0.25, 0.3) is 10.0 Å². The average molecular weight is 385 g/mol. The minimum atomic E-state index is -3.70. The minimum Gasteiger partial charge on any atom is -0.287 e. The zero-order chi connectivity index (χ0) is 17.9. The molecule has 0 aliphatic carbocycles. The van der Waals surface area contributed by atoms with Crippen LogP contribution < -0.4 is 4.72 Å². The first-order chi connectivity index (χ1) is 11.2. The topological polar surface area (TPSA) is 69.6 Å². The molecule has 0 amide bonds. The molecule has 0 saturated heterocycles. The van der Waals surface area contributed by atoms with Gasteiger partial charge in [0.05, 0.1) is 10.9 Å². The lowest BCUT2D eigenvalue weighted by Gasteiger charge is -2.23. The van der Waals surface area contributed by atoms with E-state index in [4.69, 9.17) is 23.8 Å². The molecule has 2 N–H and O–H groups in total. The van der Waals surface area contributed by atoms with Gasteiger partial charge in [0.15, 0.2) is 0 Å². The number of nitrogens with zero attached hydrogens (tertiary/aromatic N) is 1. The largest absolute Gasteiger partial charge is 0.287 e. The average Bonchev–Trinajstić information content (AvgIpc) is 2.55. The van der Waals surface area contributed by atoms with Crippen LogP contribution in [-0.4, -0.2) is 23.7 Å². The standard InChI is InChI=1S/C16H17ClN2O3S2/c1-11(19(20)12(2)23)13-3-9-16(10-4-13)24(21,22)18-15-7-5-14(17)6-8-15/h3-11,18,20H,1-2H3. The molecule has 2 rings (SSSR count). The highest BCUT2D eigenvalue weighted by molar-refractivity contribution is 7.92. The minimum absolute atomic E-state index is 0.122. The first-order valence-corrected chi connectivity index (χ1v) is 9.34. The Morgan fingerprint density at radius 3 is 2.21 bits per heavy atom. The van der Waals surface area contributed by atoms with Crippen molar-refractivity contribution in [2.45, 2.75) is 24.8 Å². The van der Waals surface area contributed by atoms with Crippen LogP contribution in [0.3, 0.4) is 0 Å². The maximum Gasteiger partial charge on any atom is 0.261 e. The summed E-state index contributed by atoms with van der Waals surface area (Å²) < 4.78 is 27.3. The molecule has 0 aromatic heterocycles. The second kappa shape index (κ2) is 7.48. The fourth-order valence-electron chi connectivity index (χ4n) is 2.07. The smallest absolute Gasteiger partial charge is 0.261 e. The number of anilines is 1. The Kier molecular flexibility index (Phi) is 5.82. The second-order valence-electron chi connectivity index (χ2n) is 5.22. The first kappa shape index (κ1) is 18.7. The monoisotopic (exact) mass is 384 g/mol. The molecule has 0 spiro atoms. The van der Waals surface area contributed by atoms with Gasteiger partial charge in [0.1, 0.15) is 4.99 Å². The highest BCUT2D eigenvalue weighted by atomic mass is 35.5. The third-order valence-corrected chi connectivity index (χ3v) is 5.29. The van der Waals surface area contributed by atoms with Crippen LogP contribution in [0, 0.1) is 0 Å². The second-order valence-corrected chi connectivity index (χ2v) is 7.93. The summed E-state index contributed by atoms with van der Waals surface area (Å²) in [4.78, 5) is 0.459. The van der Waals surface area contributed by atoms with E-state index in [9.17, 15) is 13.6 Å². The van der Waals surface area contributed by atoms with Crippen LogP contribution in [0.4, 0.5) is 5.69 Å². The van der Waals surface area contributed by atoms with Gasteiger partial charge in [0, 0.05) is 10.7 Å². The van der Waals surface area contributed by atoms with E-state index in [0.717, 1.165) is 10.6 Å². The highest BCUT2D eigenvalue weighted by Gasteiger charge is 2.17. The molecule has 5 nitrogen and oxygen atoms in total. The number of benzene rings is 2. The van der Waals surface area contributed by atoms with Crippen molar-refractivity contribution >= 4 is 44.5 Å². The van der Waals surface area contributed by atoms with Gasteiger partial charge in [-0.2, -0.15) is 0 Å². The Morgan fingerprint density at radius 2 is 1.71 bits per heavy atom. The van der Waals surface area contributed by atoms with Crippen molar-refractivity contribution in [3.63, 3.8) is 0 Å². The molecule has 1 atom stereocenters. The van der Waals surface area contributed by atoms with E-state index in [1.165, 1.54) is 12.1 Å². The van der Waals surface area contributed by atoms with Crippen molar-refractivity contribution in [1.82, 2.24) is 5.06 Å². The van der Waals surface area contributed by atoms with Crippen LogP contribution in [0.1, 0.15) is 25.5 Å². The molecular weight excluding hydrogens is 368 g/mol. The number of thiocarbonyl (C=S) groups is 1. The number of nitrogens with one attached hydrogen (secondary N) is 1. The number of hydroxylamine groups is 2. The summed E-state index contributed by atoms with van der Waals surface area (Å²) in [6, 6.07) is 12.3. The molecule has 0 heterocycles. The molecule has 0 bridgehead atoms. The van der Waals surface area contributed by atoms with E-state index in [1.54, 1.807) is 50.2 Å². The molecule has 0 aliphatic heterocycles. The summed E-state index contributed by atoms with van der Waals surface area (Å²) in [6.45, 7) is 3.38. The first-order valence-electron chi connectivity index (χ1n) is 7.08. The summed E-state index contributed by atoms with van der Waals surface area (Å²) >= 11 is 10.7. The quantitative estimate of drug-likeness (QED) is 0.596. The number of halogens is 1. The lowest BCUT2D eigenvalue weighted by molar-refractivity contribution is -0.0469. The summed E-state index contributed by atoms with van der Waals surface area (Å²) in [7, 11) is -3.70. The van der Waals surface area contributed by atoms with E-state index in [1.807, 2.05) is 0 Å². The maximum atomic E-state index is 12.4. The summed E-state index contributed by atoms with van der Waals surface area (Å²) in [5.74, 6) is 0. The van der Waals surface area contributed by atoms with E-state index in [-0.39, 0.29) is 10.9 Å². The van der Waals surface area contributed by atoms with Gasteiger partial charge in [-0.1, -0.05) is 36.0 Å². The van der Waals surface area contributed by atoms with Crippen molar-refractivity contribution in [3.8, 4) is 0 Å². The van der Waals surface area contributed by atoms with Crippen molar-refractivity contribution in [1.29, 1.82) is 0 Å². The molecule has 2 aromatic rings. The Hall–Kier alpha value is -1.67. The number of hydrogen-bond acceptors (Lipinski definition) is 4. The van der Waals surface area contributed by atoms with Crippen molar-refractivity contribution in [3.05, 3.63) is 59.1 Å². The number of rotatable bonds is 5. The molecule has 1 unspecified atom stereocenters. The molecule has 24 heavy (non-hydrogen) atoms. The predicted molar refractivity (Wildman–Crippen MR) is 99.0 cm³/mol. The van der Waals surface area contributed by atoms with Crippen molar-refractivity contribution in [2.75, 3.05) is 4.72 Å². The molecule has 0 radical (unpaired) electrons. The normalized spacial score (nSPS) is 12.5. The third-order valence-electron chi connectivity index (χ3n) is 3.46. The molecule has 128 valence electrons. The van der Waals surface area contributed by atoms with Crippen molar-refractivity contribution in [2.24, 2.45) is 0 Å². The lowest BCUT2D eigenvalue weighted by atomic mass is 10.1. The molecule has 0 aliphatic rings. The van der Waals surface area contributed by atoms with Gasteiger partial charge >= 0.3 is 0 Å². The molecule has 0 fully saturated rings. The maximum absolute atomic E-state index is 12.4. The lowest BCUT2D eigenvalue weighted by Crippen LogP contribution is -2.26. The van der Waals surface area contributed by atoms with Gasteiger partial charge in [-0.05, 0) is 55.8 Å². The Labute approximate surface area is 151 Å². The fraction of sp³-hybridized carbons (Fsp3) is 0.188. The van der Waals surface area contributed by atoms with Gasteiger partial charge in [-0.15, -0.1) is 0 Å². The highest BCUT2D eigenvalue weighted by Crippen LogP contribution is 2.23. The third kappa shape index (κ3) is 4.45. The van der Waals surface area contributed by atoms with Crippen LogP contribution in [0.2, 0.25) is 5.02 Å². The fourth-order valence-corrected chi connectivity index (χ4v) is 3.41. The molecule has 2 aromatic carbocycles. The van der Waals surface area contributed by atoms with Gasteiger partial charge in [0.2, 0.25) is 0 Å². The van der Waals surface area contributed by atoms with Crippen LogP contribution in [0.25, 0.3) is 0 Å². The molecule has 8 heteroatoms. The number of sulfonamides is 1. The van der Waals surface area contributed by atoms with Crippen LogP contribution in [0.15, 0.2) is 53.4 Å². The van der Waals surface area contributed by atoms with E-state index < -0.39 is 10.0 Å². The predicted octanol–water partition coefficient (Wildman–Crippen LogP) is 4.24. The van der Waals surface area contributed by atoms with Gasteiger partial charge < -0.3 is 0 Å². The van der Waals surface area contributed by atoms with Crippen molar-refractivity contribution < 1.29 is 13.6 Å². The summed E-state index contributed by atoms with van der Waals surface area (Å²) in [5, 5.41) is 11.3. The summed E-state index contributed by atoms with van der Waals surface area (Å²) in [6.07, 6.45) is 0. The van der Waals surface area contributed by atoms with Crippen LogP contribution in [0.5, 0.6) is 0 Å². The number of hydrogen-bond donors (Lipinski definition) is 2. The molecular formula is C16H17ClN2O3S2. The van der Waals surface area contributed by atoms with Crippen LogP contribution >= 0.6 is 23.8 Å². The SMILES string of the molecule is CC(=S)N(O)C(C)c1ccc(S(=O)(=O)Nc2ccc(Cl)cc2)cc1. The van der Waals surface area contributed by atoms with Gasteiger partial charge in [-0.25, -0.2) is 13.5 Å². The molecule has 0 saturated carbocycles. The van der Waals surface area contributed by atoms with E-state index in [0.29, 0.717) is 15.7 Å². The van der Waals surface area contributed by atoms with E-state index >= 15 is 0 Å². The Morgan fingerprint density at radius 1 is 1.17 bits per heavy atom. The zero-order valence-corrected chi connectivity index (χ0v) is 15.5. The van der Waals surface area contributed by atoms with E-state index in [2.05, 4.69) is 4.72 Å².